The van der Waals surface area contributed by atoms with Crippen molar-refractivity contribution in [3.8, 4) is 0 Å². The zero-order valence-electron chi connectivity index (χ0n) is 20.3. The van der Waals surface area contributed by atoms with E-state index in [9.17, 15) is 19.7 Å². The fourth-order valence-corrected chi connectivity index (χ4v) is 5.19. The first-order valence-corrected chi connectivity index (χ1v) is 12.2. The molecule has 2 atom stereocenters. The Balaban J connectivity index is 1.52. The summed E-state index contributed by atoms with van der Waals surface area (Å²) in [4.78, 5) is 37.9. The lowest BCUT2D eigenvalue weighted by atomic mass is 9.71. The summed E-state index contributed by atoms with van der Waals surface area (Å²) >= 11 is 0. The average Bonchev–Trinajstić information content (AvgIpc) is 2.92. The molecule has 0 amide bonds. The third kappa shape index (κ3) is 4.93. The molecule has 0 radical (unpaired) electrons. The first-order valence-electron chi connectivity index (χ1n) is 12.2. The number of carbonyl (C=O) groups excluding carboxylic acids is 2. The first-order chi connectivity index (χ1) is 17.9. The highest BCUT2D eigenvalue weighted by Gasteiger charge is 2.41. The van der Waals surface area contributed by atoms with E-state index in [4.69, 9.17) is 4.74 Å². The molecule has 0 aromatic heterocycles. The number of rotatable bonds is 6. The molecular weight excluding hydrogens is 468 g/mol. The number of nitro groups is 1. The summed E-state index contributed by atoms with van der Waals surface area (Å²) in [5.41, 5.74) is 4.78. The summed E-state index contributed by atoms with van der Waals surface area (Å²) in [6, 6.07) is 25.3. The normalized spacial score (nSPS) is 19.2. The van der Waals surface area contributed by atoms with Gasteiger partial charge >= 0.3 is 5.97 Å². The third-order valence-corrected chi connectivity index (χ3v) is 6.97. The van der Waals surface area contributed by atoms with Crippen LogP contribution in [-0.4, -0.2) is 16.7 Å². The molecule has 1 aliphatic heterocycles. The van der Waals surface area contributed by atoms with Crippen molar-refractivity contribution >= 4 is 17.4 Å². The number of non-ortho nitro benzene ring substituents is 1. The fraction of sp³-hybridized carbons (Fsp3) is 0.200. The van der Waals surface area contributed by atoms with Crippen molar-refractivity contribution in [3.63, 3.8) is 0 Å². The molecule has 0 fully saturated rings. The van der Waals surface area contributed by atoms with Crippen LogP contribution < -0.4 is 5.32 Å². The van der Waals surface area contributed by atoms with E-state index in [0.29, 0.717) is 35.2 Å². The largest absolute Gasteiger partial charge is 0.457 e. The van der Waals surface area contributed by atoms with Crippen molar-refractivity contribution in [2.45, 2.75) is 38.2 Å². The second-order valence-electron chi connectivity index (χ2n) is 9.34. The Kier molecular flexibility index (Phi) is 6.68. The summed E-state index contributed by atoms with van der Waals surface area (Å²) in [7, 11) is 0. The zero-order valence-corrected chi connectivity index (χ0v) is 20.3. The summed E-state index contributed by atoms with van der Waals surface area (Å²) in [6.07, 6.45) is 0.942. The molecule has 186 valence electrons. The van der Waals surface area contributed by atoms with E-state index < -0.39 is 16.8 Å². The number of ketones is 1. The molecule has 1 N–H and O–H groups in total. The number of dihydropyridines is 1. The molecule has 0 saturated carbocycles. The number of Topliss-reactive ketones (excluding diaryl/α,β-unsaturated/α-hetero) is 1. The van der Waals surface area contributed by atoms with Crippen LogP contribution in [0.4, 0.5) is 5.69 Å². The molecule has 0 saturated heterocycles. The van der Waals surface area contributed by atoms with Crippen LogP contribution >= 0.6 is 0 Å². The van der Waals surface area contributed by atoms with Crippen LogP contribution in [0.15, 0.2) is 107 Å². The van der Waals surface area contributed by atoms with Gasteiger partial charge in [-0.15, -0.1) is 0 Å². The van der Waals surface area contributed by atoms with Crippen LogP contribution in [0.5, 0.6) is 0 Å². The van der Waals surface area contributed by atoms with E-state index in [2.05, 4.69) is 5.32 Å². The highest BCUT2D eigenvalue weighted by Crippen LogP contribution is 2.46. The predicted octanol–water partition coefficient (Wildman–Crippen LogP) is 5.70. The average molecular weight is 495 g/mol. The van der Waals surface area contributed by atoms with Gasteiger partial charge in [0.2, 0.25) is 0 Å². The van der Waals surface area contributed by atoms with Crippen LogP contribution in [0.2, 0.25) is 0 Å². The molecule has 0 spiro atoms. The Morgan fingerprint density at radius 2 is 1.59 bits per heavy atom. The lowest BCUT2D eigenvalue weighted by molar-refractivity contribution is -0.384. The smallest absolute Gasteiger partial charge is 0.337 e. The van der Waals surface area contributed by atoms with Crippen molar-refractivity contribution in [2.75, 3.05) is 0 Å². The highest BCUT2D eigenvalue weighted by atomic mass is 16.6. The standard InChI is InChI=1S/C30H26N2O5/c1-19-27(30(34)37-18-20-8-4-2-5-9-20)28(22-12-14-24(15-13-22)32(35)36)29-25(31-19)16-23(17-26(29)33)21-10-6-3-7-11-21/h2-15,23,28,31H,16-18H2,1H3. The Hall–Kier alpha value is -4.52. The van der Waals surface area contributed by atoms with E-state index in [0.717, 1.165) is 16.8 Å². The van der Waals surface area contributed by atoms with Gasteiger partial charge in [0.25, 0.3) is 5.69 Å². The number of ether oxygens (including phenoxy) is 1. The number of nitrogens with zero attached hydrogens (tertiary/aromatic N) is 1. The van der Waals surface area contributed by atoms with E-state index >= 15 is 0 Å². The molecule has 37 heavy (non-hydrogen) atoms. The van der Waals surface area contributed by atoms with E-state index in [1.165, 1.54) is 12.1 Å². The summed E-state index contributed by atoms with van der Waals surface area (Å²) in [5, 5.41) is 14.6. The minimum Gasteiger partial charge on any atom is -0.457 e. The Bertz CT molecular complexity index is 1410. The Morgan fingerprint density at radius 3 is 2.24 bits per heavy atom. The van der Waals surface area contributed by atoms with Crippen LogP contribution in [0.25, 0.3) is 0 Å². The van der Waals surface area contributed by atoms with Crippen LogP contribution in [0.1, 0.15) is 48.3 Å². The van der Waals surface area contributed by atoms with Gasteiger partial charge in [-0.1, -0.05) is 72.8 Å². The monoisotopic (exact) mass is 494 g/mol. The number of nitrogens with one attached hydrogen (secondary N) is 1. The minimum absolute atomic E-state index is 0.0249. The molecule has 3 aromatic rings. The van der Waals surface area contributed by atoms with Crippen LogP contribution in [0, 0.1) is 10.1 Å². The summed E-state index contributed by atoms with van der Waals surface area (Å²) < 4.78 is 5.68. The maximum atomic E-state index is 13.6. The Labute approximate surface area is 214 Å². The Morgan fingerprint density at radius 1 is 0.946 bits per heavy atom. The summed E-state index contributed by atoms with van der Waals surface area (Å²) in [6.45, 7) is 1.90. The molecular formula is C30H26N2O5. The number of allylic oxidation sites excluding steroid dienone is 3. The van der Waals surface area contributed by atoms with E-state index in [1.807, 2.05) is 60.7 Å². The van der Waals surface area contributed by atoms with Crippen molar-refractivity contribution < 1.29 is 19.2 Å². The van der Waals surface area contributed by atoms with Gasteiger partial charge in [0.1, 0.15) is 6.61 Å². The van der Waals surface area contributed by atoms with Crippen LogP contribution in [0.3, 0.4) is 0 Å². The molecule has 1 heterocycles. The van der Waals surface area contributed by atoms with Gasteiger partial charge in [0, 0.05) is 41.4 Å². The van der Waals surface area contributed by atoms with E-state index in [-0.39, 0.29) is 24.0 Å². The minimum atomic E-state index is -0.676. The maximum Gasteiger partial charge on any atom is 0.337 e. The van der Waals surface area contributed by atoms with Gasteiger partial charge < -0.3 is 10.1 Å². The lowest BCUT2D eigenvalue weighted by Gasteiger charge is -2.36. The number of nitro benzene ring substituents is 1. The summed E-state index contributed by atoms with van der Waals surface area (Å²) in [5.74, 6) is -1.23. The maximum absolute atomic E-state index is 13.6. The lowest BCUT2D eigenvalue weighted by Crippen LogP contribution is -2.36. The predicted molar refractivity (Wildman–Crippen MR) is 138 cm³/mol. The number of benzene rings is 3. The highest BCUT2D eigenvalue weighted by molar-refractivity contribution is 6.04. The quantitative estimate of drug-likeness (QED) is 0.268. The van der Waals surface area contributed by atoms with Gasteiger partial charge in [-0.3, -0.25) is 14.9 Å². The van der Waals surface area contributed by atoms with Crippen molar-refractivity contribution in [3.05, 3.63) is 134 Å². The topological polar surface area (TPSA) is 98.5 Å². The zero-order chi connectivity index (χ0) is 25.9. The number of hydrogen-bond acceptors (Lipinski definition) is 6. The molecule has 7 nitrogen and oxygen atoms in total. The molecule has 2 unspecified atom stereocenters. The van der Waals surface area contributed by atoms with Gasteiger partial charge in [-0.05, 0) is 36.0 Å². The SMILES string of the molecule is CC1=C(C(=O)OCc2ccccc2)C(c2ccc([N+](=O)[O-])cc2)C2=C(CC(c3ccccc3)CC2=O)N1. The van der Waals surface area contributed by atoms with Gasteiger partial charge in [-0.2, -0.15) is 0 Å². The molecule has 7 heteroatoms. The van der Waals surface area contributed by atoms with Gasteiger partial charge in [0.05, 0.1) is 10.5 Å². The number of carbonyl (C=O) groups is 2. The molecule has 0 bridgehead atoms. The molecule has 1 aliphatic carbocycles. The van der Waals surface area contributed by atoms with Crippen LogP contribution in [-0.2, 0) is 20.9 Å². The second kappa shape index (κ2) is 10.2. The first kappa shape index (κ1) is 24.2. The number of esters is 1. The van der Waals surface area contributed by atoms with Crippen molar-refractivity contribution in [2.24, 2.45) is 0 Å². The van der Waals surface area contributed by atoms with Crippen molar-refractivity contribution in [1.29, 1.82) is 0 Å². The second-order valence-corrected chi connectivity index (χ2v) is 9.34. The number of hydrogen-bond donors (Lipinski definition) is 1. The van der Waals surface area contributed by atoms with Gasteiger partial charge in [0.15, 0.2) is 5.78 Å². The van der Waals surface area contributed by atoms with E-state index in [1.54, 1.807) is 19.1 Å². The third-order valence-electron chi connectivity index (χ3n) is 6.97. The molecule has 5 rings (SSSR count). The molecule has 3 aromatic carbocycles. The van der Waals surface area contributed by atoms with Crippen molar-refractivity contribution in [1.82, 2.24) is 5.32 Å². The van der Waals surface area contributed by atoms with Gasteiger partial charge in [-0.25, -0.2) is 4.79 Å². The molecule has 2 aliphatic rings. The fourth-order valence-electron chi connectivity index (χ4n) is 5.19.